The molecule has 66 valence electrons. The van der Waals surface area contributed by atoms with Crippen LogP contribution in [-0.2, 0) is 0 Å². The molecule has 0 atom stereocenters. The summed E-state index contributed by atoms with van der Waals surface area (Å²) in [7, 11) is 0. The SMILES string of the molecule is CC/C(=C/c1ccc(C)s1)CO. The van der Waals surface area contributed by atoms with Crippen LogP contribution >= 0.6 is 11.3 Å². The summed E-state index contributed by atoms with van der Waals surface area (Å²) >= 11 is 1.76. The van der Waals surface area contributed by atoms with Gasteiger partial charge in [0.25, 0.3) is 0 Å². The van der Waals surface area contributed by atoms with E-state index in [2.05, 4.69) is 32.1 Å². The van der Waals surface area contributed by atoms with Crippen LogP contribution in [0.1, 0.15) is 23.1 Å². The van der Waals surface area contributed by atoms with Crippen LogP contribution < -0.4 is 0 Å². The van der Waals surface area contributed by atoms with Crippen LogP contribution in [0.5, 0.6) is 0 Å². The zero-order valence-electron chi connectivity index (χ0n) is 7.50. The van der Waals surface area contributed by atoms with Gasteiger partial charge in [-0.25, -0.2) is 0 Å². The molecule has 0 bridgehead atoms. The smallest absolute Gasteiger partial charge is 0.0645 e. The Bertz CT molecular complexity index is 267. The van der Waals surface area contributed by atoms with Gasteiger partial charge in [-0.2, -0.15) is 0 Å². The van der Waals surface area contributed by atoms with E-state index in [1.807, 2.05) is 0 Å². The summed E-state index contributed by atoms with van der Waals surface area (Å²) in [5.41, 5.74) is 1.09. The summed E-state index contributed by atoms with van der Waals surface area (Å²) in [5.74, 6) is 0. The molecular weight excluding hydrogens is 168 g/mol. The third-order valence-electron chi connectivity index (χ3n) is 1.76. The molecule has 0 saturated heterocycles. The molecule has 0 unspecified atom stereocenters. The summed E-state index contributed by atoms with van der Waals surface area (Å²) in [6.45, 7) is 4.32. The molecular formula is C10H14OS. The molecule has 0 radical (unpaired) electrons. The van der Waals surface area contributed by atoms with E-state index in [9.17, 15) is 0 Å². The van der Waals surface area contributed by atoms with Crippen LogP contribution in [0.4, 0.5) is 0 Å². The number of rotatable bonds is 3. The summed E-state index contributed by atoms with van der Waals surface area (Å²) in [5, 5.41) is 8.93. The Balaban J connectivity index is 2.78. The third kappa shape index (κ3) is 2.47. The number of hydrogen-bond donors (Lipinski definition) is 1. The standard InChI is InChI=1S/C10H14OS/c1-3-9(7-11)6-10-5-4-8(2)12-10/h4-6,11H,3,7H2,1-2H3/b9-6-. The monoisotopic (exact) mass is 182 g/mol. The molecule has 1 N–H and O–H groups in total. The molecule has 0 spiro atoms. The van der Waals surface area contributed by atoms with E-state index < -0.39 is 0 Å². The second-order valence-electron chi connectivity index (χ2n) is 2.76. The maximum atomic E-state index is 8.93. The summed E-state index contributed by atoms with van der Waals surface area (Å²) in [6, 6.07) is 4.19. The van der Waals surface area contributed by atoms with Gasteiger partial charge in [-0.1, -0.05) is 6.92 Å². The number of aliphatic hydroxyl groups is 1. The van der Waals surface area contributed by atoms with Gasteiger partial charge in [0.05, 0.1) is 6.61 Å². The molecule has 1 heterocycles. The van der Waals surface area contributed by atoms with Crippen LogP contribution in [0.3, 0.4) is 0 Å². The second-order valence-corrected chi connectivity index (χ2v) is 4.08. The normalized spacial score (nSPS) is 12.1. The van der Waals surface area contributed by atoms with E-state index in [1.54, 1.807) is 11.3 Å². The van der Waals surface area contributed by atoms with Crippen LogP contribution in [-0.4, -0.2) is 11.7 Å². The average molecular weight is 182 g/mol. The number of thiophene rings is 1. The van der Waals surface area contributed by atoms with E-state index in [1.165, 1.54) is 9.75 Å². The van der Waals surface area contributed by atoms with Crippen molar-refractivity contribution in [2.75, 3.05) is 6.61 Å². The number of hydrogen-bond acceptors (Lipinski definition) is 2. The minimum Gasteiger partial charge on any atom is -0.392 e. The highest BCUT2D eigenvalue weighted by molar-refractivity contribution is 7.12. The molecule has 0 saturated carbocycles. The molecule has 1 nitrogen and oxygen atoms in total. The van der Waals surface area contributed by atoms with Gasteiger partial charge in [-0.15, -0.1) is 11.3 Å². The van der Waals surface area contributed by atoms with E-state index >= 15 is 0 Å². The van der Waals surface area contributed by atoms with Crippen LogP contribution in [0.25, 0.3) is 6.08 Å². The molecule has 1 rings (SSSR count). The molecule has 1 aromatic rings. The van der Waals surface area contributed by atoms with E-state index in [0.717, 1.165) is 12.0 Å². The Kier molecular flexibility index (Phi) is 3.50. The Morgan fingerprint density at radius 3 is 2.75 bits per heavy atom. The zero-order valence-corrected chi connectivity index (χ0v) is 8.32. The first-order valence-electron chi connectivity index (χ1n) is 4.13. The van der Waals surface area contributed by atoms with E-state index in [-0.39, 0.29) is 6.61 Å². The summed E-state index contributed by atoms with van der Waals surface area (Å²) in [4.78, 5) is 2.55. The first-order chi connectivity index (χ1) is 5.76. The molecule has 1 aromatic heterocycles. The van der Waals surface area contributed by atoms with Gasteiger partial charge in [0.1, 0.15) is 0 Å². The highest BCUT2D eigenvalue weighted by Gasteiger charge is 1.95. The van der Waals surface area contributed by atoms with Gasteiger partial charge in [-0.3, -0.25) is 0 Å². The van der Waals surface area contributed by atoms with Crippen molar-refractivity contribution in [2.24, 2.45) is 0 Å². The highest BCUT2D eigenvalue weighted by atomic mass is 32.1. The third-order valence-corrected chi connectivity index (χ3v) is 2.71. The predicted molar refractivity (Wildman–Crippen MR) is 54.4 cm³/mol. The molecule has 0 aromatic carbocycles. The van der Waals surface area contributed by atoms with Crippen LogP contribution in [0.15, 0.2) is 17.7 Å². The molecule has 0 amide bonds. The fourth-order valence-electron chi connectivity index (χ4n) is 0.992. The van der Waals surface area contributed by atoms with Crippen LogP contribution in [0, 0.1) is 6.92 Å². The molecule has 2 heteroatoms. The molecule has 0 fully saturated rings. The maximum Gasteiger partial charge on any atom is 0.0645 e. The molecule has 0 aliphatic heterocycles. The lowest BCUT2D eigenvalue weighted by atomic mass is 10.2. The van der Waals surface area contributed by atoms with Crippen molar-refractivity contribution in [3.63, 3.8) is 0 Å². The van der Waals surface area contributed by atoms with Gasteiger partial charge in [0, 0.05) is 9.75 Å². The zero-order chi connectivity index (χ0) is 8.97. The lowest BCUT2D eigenvalue weighted by molar-refractivity contribution is 0.329. The first-order valence-corrected chi connectivity index (χ1v) is 4.94. The van der Waals surface area contributed by atoms with E-state index in [4.69, 9.17) is 5.11 Å². The Hall–Kier alpha value is -0.600. The van der Waals surface area contributed by atoms with Gasteiger partial charge < -0.3 is 5.11 Å². The first kappa shape index (κ1) is 9.49. The van der Waals surface area contributed by atoms with Crippen molar-refractivity contribution in [1.82, 2.24) is 0 Å². The van der Waals surface area contributed by atoms with Gasteiger partial charge >= 0.3 is 0 Å². The van der Waals surface area contributed by atoms with Crippen molar-refractivity contribution in [2.45, 2.75) is 20.3 Å². The van der Waals surface area contributed by atoms with Crippen molar-refractivity contribution in [3.05, 3.63) is 27.5 Å². The van der Waals surface area contributed by atoms with Crippen LogP contribution in [0.2, 0.25) is 0 Å². The number of aliphatic hydroxyl groups excluding tert-OH is 1. The Labute approximate surface area is 77.4 Å². The fraction of sp³-hybridized carbons (Fsp3) is 0.400. The molecule has 12 heavy (non-hydrogen) atoms. The Morgan fingerprint density at radius 1 is 1.58 bits per heavy atom. The number of aryl methyl sites for hydroxylation is 1. The van der Waals surface area contributed by atoms with Crippen molar-refractivity contribution >= 4 is 17.4 Å². The topological polar surface area (TPSA) is 20.2 Å². The highest BCUT2D eigenvalue weighted by Crippen LogP contribution is 2.18. The Morgan fingerprint density at radius 2 is 2.33 bits per heavy atom. The maximum absolute atomic E-state index is 8.93. The minimum atomic E-state index is 0.174. The lowest BCUT2D eigenvalue weighted by Gasteiger charge is -1.96. The predicted octanol–water partition coefficient (Wildman–Crippen LogP) is 2.84. The fourth-order valence-corrected chi connectivity index (χ4v) is 1.86. The molecule has 0 aliphatic carbocycles. The van der Waals surface area contributed by atoms with Crippen molar-refractivity contribution < 1.29 is 5.11 Å². The second kappa shape index (κ2) is 4.43. The van der Waals surface area contributed by atoms with Crippen molar-refractivity contribution in [1.29, 1.82) is 0 Å². The molecule has 0 aliphatic rings. The summed E-state index contributed by atoms with van der Waals surface area (Å²) in [6.07, 6.45) is 2.99. The largest absolute Gasteiger partial charge is 0.392 e. The van der Waals surface area contributed by atoms with Gasteiger partial charge in [0.2, 0.25) is 0 Å². The summed E-state index contributed by atoms with van der Waals surface area (Å²) < 4.78 is 0. The average Bonchev–Trinajstić information content (AvgIpc) is 2.47. The lowest BCUT2D eigenvalue weighted by Crippen LogP contribution is -1.86. The quantitative estimate of drug-likeness (QED) is 0.762. The van der Waals surface area contributed by atoms with E-state index in [0.29, 0.717) is 0 Å². The van der Waals surface area contributed by atoms with Gasteiger partial charge in [0.15, 0.2) is 0 Å². The van der Waals surface area contributed by atoms with Crippen molar-refractivity contribution in [3.8, 4) is 0 Å². The minimum absolute atomic E-state index is 0.174. The van der Waals surface area contributed by atoms with Gasteiger partial charge in [-0.05, 0) is 37.1 Å².